The van der Waals surface area contributed by atoms with Crippen molar-refractivity contribution >= 4 is 11.6 Å². The fourth-order valence-electron chi connectivity index (χ4n) is 3.78. The van der Waals surface area contributed by atoms with E-state index in [1.54, 1.807) is 0 Å². The number of piperidine rings is 1. The molecule has 2 N–H and O–H groups in total. The van der Waals surface area contributed by atoms with Gasteiger partial charge < -0.3 is 10.6 Å². The summed E-state index contributed by atoms with van der Waals surface area (Å²) in [7, 11) is 0. The predicted molar refractivity (Wildman–Crippen MR) is 81.6 cm³/mol. The minimum atomic E-state index is 0.178. The van der Waals surface area contributed by atoms with Gasteiger partial charge in [-0.25, -0.2) is 0 Å². The van der Waals surface area contributed by atoms with E-state index in [1.807, 2.05) is 25.1 Å². The quantitative estimate of drug-likeness (QED) is 0.798. The van der Waals surface area contributed by atoms with Crippen LogP contribution in [-0.2, 0) is 0 Å². The number of nitrogens with zero attached hydrogens (tertiary/aromatic N) is 1. The minimum absolute atomic E-state index is 0.178. The average Bonchev–Trinajstić information content (AvgIpc) is 2.49. The summed E-state index contributed by atoms with van der Waals surface area (Å²) < 4.78 is 0. The zero-order valence-electron chi connectivity index (χ0n) is 12.3. The van der Waals surface area contributed by atoms with Gasteiger partial charge in [0.25, 0.3) is 5.91 Å². The standard InChI is InChI=1S/C17H24N2O/c1-12-10-14(6-7-16(12)18)17(20)19-9-8-13-4-2-3-5-15(13)11-19/h6-7,10,13,15H,2-5,8-9,11,18H2,1H3. The second-order valence-corrected chi connectivity index (χ2v) is 6.42. The van der Waals surface area contributed by atoms with Gasteiger partial charge in [-0.15, -0.1) is 0 Å². The molecule has 0 aromatic heterocycles. The molecule has 2 atom stereocenters. The van der Waals surface area contributed by atoms with Crippen molar-refractivity contribution in [2.75, 3.05) is 18.8 Å². The van der Waals surface area contributed by atoms with Gasteiger partial charge >= 0.3 is 0 Å². The van der Waals surface area contributed by atoms with Crippen molar-refractivity contribution in [3.05, 3.63) is 29.3 Å². The molecule has 2 fully saturated rings. The maximum atomic E-state index is 12.6. The third-order valence-corrected chi connectivity index (χ3v) is 5.10. The molecule has 0 bridgehead atoms. The van der Waals surface area contributed by atoms with Gasteiger partial charge in [-0.2, -0.15) is 0 Å². The zero-order chi connectivity index (χ0) is 14.1. The predicted octanol–water partition coefficient (Wildman–Crippen LogP) is 3.23. The van der Waals surface area contributed by atoms with Crippen molar-refractivity contribution in [3.63, 3.8) is 0 Å². The average molecular weight is 272 g/mol. The topological polar surface area (TPSA) is 46.3 Å². The number of amides is 1. The molecule has 1 aliphatic heterocycles. The summed E-state index contributed by atoms with van der Waals surface area (Å²) in [6.07, 6.45) is 6.57. The Morgan fingerprint density at radius 3 is 2.70 bits per heavy atom. The molecule has 108 valence electrons. The van der Waals surface area contributed by atoms with E-state index in [9.17, 15) is 4.79 Å². The highest BCUT2D eigenvalue weighted by Gasteiger charge is 2.33. The van der Waals surface area contributed by atoms with Gasteiger partial charge in [0, 0.05) is 24.3 Å². The number of anilines is 1. The maximum Gasteiger partial charge on any atom is 0.253 e. The van der Waals surface area contributed by atoms with Gasteiger partial charge in [-0.05, 0) is 55.4 Å². The number of hydrogen-bond donors (Lipinski definition) is 1. The number of carbonyl (C=O) groups excluding carboxylic acids is 1. The van der Waals surface area contributed by atoms with Gasteiger partial charge in [0.15, 0.2) is 0 Å². The van der Waals surface area contributed by atoms with Crippen LogP contribution in [0.15, 0.2) is 18.2 Å². The number of carbonyl (C=O) groups is 1. The molecule has 1 aliphatic carbocycles. The summed E-state index contributed by atoms with van der Waals surface area (Å²) >= 11 is 0. The van der Waals surface area contributed by atoms with Crippen molar-refractivity contribution in [1.82, 2.24) is 4.90 Å². The second kappa shape index (κ2) is 5.47. The fraction of sp³-hybridized carbons (Fsp3) is 0.588. The first-order valence-electron chi connectivity index (χ1n) is 7.80. The summed E-state index contributed by atoms with van der Waals surface area (Å²) in [6.45, 7) is 3.83. The molecule has 1 amide bonds. The summed E-state index contributed by atoms with van der Waals surface area (Å²) in [5.41, 5.74) is 8.36. The van der Waals surface area contributed by atoms with Crippen LogP contribution in [0.4, 0.5) is 5.69 Å². The first-order chi connectivity index (χ1) is 9.65. The Labute approximate surface area is 121 Å². The first-order valence-corrected chi connectivity index (χ1v) is 7.80. The zero-order valence-corrected chi connectivity index (χ0v) is 12.3. The minimum Gasteiger partial charge on any atom is -0.399 e. The Hall–Kier alpha value is -1.51. The molecule has 20 heavy (non-hydrogen) atoms. The highest BCUT2D eigenvalue weighted by molar-refractivity contribution is 5.95. The molecule has 3 heteroatoms. The van der Waals surface area contributed by atoms with Crippen LogP contribution in [-0.4, -0.2) is 23.9 Å². The molecule has 2 aliphatic rings. The van der Waals surface area contributed by atoms with Crippen LogP contribution in [0.3, 0.4) is 0 Å². The number of likely N-dealkylation sites (tertiary alicyclic amines) is 1. The van der Waals surface area contributed by atoms with E-state index in [-0.39, 0.29) is 5.91 Å². The number of fused-ring (bicyclic) bond motifs is 1. The van der Waals surface area contributed by atoms with Crippen molar-refractivity contribution < 1.29 is 4.79 Å². The number of benzene rings is 1. The van der Waals surface area contributed by atoms with Crippen LogP contribution < -0.4 is 5.73 Å². The third kappa shape index (κ3) is 2.54. The molecular weight excluding hydrogens is 248 g/mol. The number of nitrogens with two attached hydrogens (primary N) is 1. The number of rotatable bonds is 1. The Morgan fingerprint density at radius 1 is 1.20 bits per heavy atom. The van der Waals surface area contributed by atoms with Gasteiger partial charge in [0.2, 0.25) is 0 Å². The monoisotopic (exact) mass is 272 g/mol. The summed E-state index contributed by atoms with van der Waals surface area (Å²) in [4.78, 5) is 14.7. The smallest absolute Gasteiger partial charge is 0.253 e. The van der Waals surface area contributed by atoms with Crippen molar-refractivity contribution in [2.24, 2.45) is 11.8 Å². The lowest BCUT2D eigenvalue weighted by Crippen LogP contribution is -2.44. The molecular formula is C17H24N2O. The lowest BCUT2D eigenvalue weighted by molar-refractivity contribution is 0.0521. The normalized spacial score (nSPS) is 26.1. The number of aryl methyl sites for hydroxylation is 1. The van der Waals surface area contributed by atoms with E-state index in [0.717, 1.165) is 41.7 Å². The fourth-order valence-corrected chi connectivity index (χ4v) is 3.78. The van der Waals surface area contributed by atoms with Crippen LogP contribution in [0.2, 0.25) is 0 Å². The van der Waals surface area contributed by atoms with Gasteiger partial charge in [-0.1, -0.05) is 19.3 Å². The highest BCUT2D eigenvalue weighted by Crippen LogP contribution is 2.36. The van der Waals surface area contributed by atoms with E-state index in [2.05, 4.69) is 4.90 Å². The SMILES string of the molecule is Cc1cc(C(=O)N2CCC3CCCCC3C2)ccc1N. The summed E-state index contributed by atoms with van der Waals surface area (Å²) in [5, 5.41) is 0. The molecule has 2 unspecified atom stereocenters. The molecule has 1 heterocycles. The van der Waals surface area contributed by atoms with Crippen molar-refractivity contribution in [1.29, 1.82) is 0 Å². The number of hydrogen-bond acceptors (Lipinski definition) is 2. The summed E-state index contributed by atoms with van der Waals surface area (Å²) in [5.74, 6) is 1.77. The van der Waals surface area contributed by atoms with Crippen LogP contribution in [0.25, 0.3) is 0 Å². The molecule has 1 aromatic rings. The Kier molecular flexibility index (Phi) is 3.68. The highest BCUT2D eigenvalue weighted by atomic mass is 16.2. The lowest BCUT2D eigenvalue weighted by atomic mass is 9.75. The largest absolute Gasteiger partial charge is 0.399 e. The van der Waals surface area contributed by atoms with E-state index in [0.29, 0.717) is 0 Å². The van der Waals surface area contributed by atoms with E-state index < -0.39 is 0 Å². The van der Waals surface area contributed by atoms with E-state index in [1.165, 1.54) is 32.1 Å². The third-order valence-electron chi connectivity index (χ3n) is 5.10. The van der Waals surface area contributed by atoms with E-state index >= 15 is 0 Å². The Balaban J connectivity index is 1.72. The van der Waals surface area contributed by atoms with Crippen molar-refractivity contribution in [3.8, 4) is 0 Å². The molecule has 1 aromatic carbocycles. The number of nitrogen functional groups attached to an aromatic ring is 1. The Morgan fingerprint density at radius 2 is 1.95 bits per heavy atom. The molecule has 3 nitrogen and oxygen atoms in total. The van der Waals surface area contributed by atoms with Crippen molar-refractivity contribution in [2.45, 2.75) is 39.0 Å². The van der Waals surface area contributed by atoms with Crippen LogP contribution in [0, 0.1) is 18.8 Å². The van der Waals surface area contributed by atoms with Gasteiger partial charge in [-0.3, -0.25) is 4.79 Å². The molecule has 3 rings (SSSR count). The molecule has 1 saturated heterocycles. The second-order valence-electron chi connectivity index (χ2n) is 6.42. The van der Waals surface area contributed by atoms with Crippen LogP contribution in [0.1, 0.15) is 48.0 Å². The maximum absolute atomic E-state index is 12.6. The first kappa shape index (κ1) is 13.5. The molecule has 1 saturated carbocycles. The van der Waals surface area contributed by atoms with Crippen LogP contribution >= 0.6 is 0 Å². The van der Waals surface area contributed by atoms with Crippen LogP contribution in [0.5, 0.6) is 0 Å². The molecule has 0 spiro atoms. The summed E-state index contributed by atoms with van der Waals surface area (Å²) in [6, 6.07) is 5.62. The lowest BCUT2D eigenvalue weighted by Gasteiger charge is -2.41. The van der Waals surface area contributed by atoms with E-state index in [4.69, 9.17) is 5.73 Å². The Bertz CT molecular complexity index is 512. The van der Waals surface area contributed by atoms with Gasteiger partial charge in [0.05, 0.1) is 0 Å². The van der Waals surface area contributed by atoms with Gasteiger partial charge in [0.1, 0.15) is 0 Å². The molecule has 0 radical (unpaired) electrons.